The van der Waals surface area contributed by atoms with E-state index in [1.807, 2.05) is 6.92 Å². The first-order valence-corrected chi connectivity index (χ1v) is 13.0. The molecule has 1 aliphatic carbocycles. The fourth-order valence-corrected chi connectivity index (χ4v) is 5.10. The number of rotatable bonds is 4. The maximum atomic E-state index is 14.8. The van der Waals surface area contributed by atoms with Crippen molar-refractivity contribution < 1.29 is 27.3 Å². The molecule has 1 atom stereocenters. The molecule has 2 aliphatic rings. The molecule has 0 bridgehead atoms. The van der Waals surface area contributed by atoms with Crippen LogP contribution in [0.4, 0.5) is 10.1 Å². The van der Waals surface area contributed by atoms with Crippen LogP contribution in [0, 0.1) is 12.7 Å². The van der Waals surface area contributed by atoms with Gasteiger partial charge in [0.05, 0.1) is 26.5 Å². The monoisotopic (exact) mass is 537 g/mol. The van der Waals surface area contributed by atoms with Crippen molar-refractivity contribution in [3.8, 4) is 0 Å². The first-order valence-electron chi connectivity index (χ1n) is 11.2. The highest BCUT2D eigenvalue weighted by atomic mass is 35.5. The third-order valence-corrected chi connectivity index (χ3v) is 7.44. The summed E-state index contributed by atoms with van der Waals surface area (Å²) in [4.78, 5) is 25.6. The molecule has 1 saturated heterocycles. The summed E-state index contributed by atoms with van der Waals surface area (Å²) in [5, 5.41) is 9.43. The van der Waals surface area contributed by atoms with E-state index in [2.05, 4.69) is 0 Å². The number of aromatic nitrogens is 1. The Balaban J connectivity index is 0.000000233. The highest BCUT2D eigenvalue weighted by molar-refractivity contribution is 7.85. The third-order valence-electron chi connectivity index (χ3n) is 6.21. The standard InChI is InChI=1S/C17H17ClFN3O3.C7H8O3S/c18-13-14-10(5-12(19)15(13)21-4-3-8(20)6-21)16(23)11(17(24)25)7-22(14)9-1-2-9;1-6-2-4-7(5-3-6)11(8,9)10/h5,7-9H,1-4,6,20H2,(H,24,25);2-5H,1H3,(H,8,9,10). The summed E-state index contributed by atoms with van der Waals surface area (Å²) < 4.78 is 46.0. The van der Waals surface area contributed by atoms with Gasteiger partial charge in [0.2, 0.25) is 5.43 Å². The normalized spacial score (nSPS) is 17.7. The SMILES string of the molecule is Cc1ccc(S(=O)(=O)O)cc1.NC1CCN(c2c(F)cc3c(=O)c(C(=O)O)cn(C4CC4)c3c2Cl)C1. The molecule has 1 aliphatic heterocycles. The summed E-state index contributed by atoms with van der Waals surface area (Å²) in [6.45, 7) is 2.92. The second-order valence-corrected chi connectivity index (χ2v) is 10.8. The number of aryl methyl sites for hydroxylation is 1. The van der Waals surface area contributed by atoms with Crippen LogP contribution in [0.3, 0.4) is 0 Å². The molecular weight excluding hydrogens is 513 g/mol. The Kier molecular flexibility index (Phi) is 7.11. The number of carboxylic acids is 1. The first kappa shape index (κ1) is 26.1. The average Bonchev–Trinajstić information content (AvgIpc) is 3.55. The highest BCUT2D eigenvalue weighted by Crippen LogP contribution is 2.42. The molecule has 36 heavy (non-hydrogen) atoms. The molecule has 1 unspecified atom stereocenters. The van der Waals surface area contributed by atoms with E-state index in [9.17, 15) is 27.5 Å². The van der Waals surface area contributed by atoms with E-state index < -0.39 is 27.3 Å². The molecule has 4 N–H and O–H groups in total. The Hall–Kier alpha value is -2.99. The second kappa shape index (κ2) is 9.81. The number of pyridine rings is 1. The quantitative estimate of drug-likeness (QED) is 0.428. The Labute approximate surface area is 211 Å². The molecule has 0 spiro atoms. The van der Waals surface area contributed by atoms with Crippen molar-refractivity contribution in [3.63, 3.8) is 0 Å². The zero-order valence-corrected chi connectivity index (χ0v) is 20.9. The van der Waals surface area contributed by atoms with Crippen molar-refractivity contribution in [1.29, 1.82) is 0 Å². The van der Waals surface area contributed by atoms with Crippen LogP contribution < -0.4 is 16.1 Å². The molecule has 2 aromatic carbocycles. The topological polar surface area (TPSA) is 143 Å². The van der Waals surface area contributed by atoms with Crippen molar-refractivity contribution >= 4 is 44.3 Å². The van der Waals surface area contributed by atoms with E-state index in [0.29, 0.717) is 18.6 Å². The van der Waals surface area contributed by atoms with Crippen molar-refractivity contribution in [2.45, 2.75) is 43.2 Å². The molecule has 192 valence electrons. The molecule has 1 aromatic heterocycles. The maximum Gasteiger partial charge on any atom is 0.341 e. The number of carboxylic acid groups (broad SMARTS) is 1. The number of nitrogens with two attached hydrogens (primary N) is 1. The summed E-state index contributed by atoms with van der Waals surface area (Å²) in [6, 6.07) is 7.12. The van der Waals surface area contributed by atoms with E-state index in [4.69, 9.17) is 21.9 Å². The van der Waals surface area contributed by atoms with Gasteiger partial charge in [-0.25, -0.2) is 9.18 Å². The van der Waals surface area contributed by atoms with Crippen molar-refractivity contribution in [3.05, 3.63) is 68.7 Å². The van der Waals surface area contributed by atoms with Gasteiger partial charge in [-0.3, -0.25) is 9.35 Å². The van der Waals surface area contributed by atoms with E-state index in [0.717, 1.165) is 30.9 Å². The fraction of sp³-hybridized carbons (Fsp3) is 0.333. The van der Waals surface area contributed by atoms with Gasteiger partial charge in [-0.1, -0.05) is 29.3 Å². The van der Waals surface area contributed by atoms with Crippen LogP contribution >= 0.6 is 11.6 Å². The number of benzene rings is 2. The smallest absolute Gasteiger partial charge is 0.341 e. The Bertz CT molecular complexity index is 1500. The Morgan fingerprint density at radius 1 is 1.19 bits per heavy atom. The van der Waals surface area contributed by atoms with Gasteiger partial charge in [0.25, 0.3) is 10.1 Å². The van der Waals surface area contributed by atoms with Crippen LogP contribution in [0.15, 0.2) is 46.2 Å². The molecule has 0 amide bonds. The highest BCUT2D eigenvalue weighted by Gasteiger charge is 2.31. The van der Waals surface area contributed by atoms with Crippen LogP contribution in [-0.2, 0) is 10.1 Å². The molecular formula is C24H25ClFN3O6S. The lowest BCUT2D eigenvalue weighted by molar-refractivity contribution is 0.0694. The fourth-order valence-electron chi connectivity index (χ4n) is 4.22. The number of carbonyl (C=O) groups is 1. The first-order chi connectivity index (χ1) is 16.9. The van der Waals surface area contributed by atoms with E-state index in [1.165, 1.54) is 18.3 Å². The van der Waals surface area contributed by atoms with E-state index in [1.54, 1.807) is 21.6 Å². The van der Waals surface area contributed by atoms with Gasteiger partial charge in [-0.05, 0) is 44.4 Å². The minimum absolute atomic E-state index is 0.00143. The molecule has 0 radical (unpaired) electrons. The number of aromatic carboxylic acids is 1. The van der Waals surface area contributed by atoms with Crippen LogP contribution in [0.25, 0.3) is 10.9 Å². The number of hydrogen-bond acceptors (Lipinski definition) is 6. The molecule has 12 heteroatoms. The lowest BCUT2D eigenvalue weighted by Crippen LogP contribution is -2.27. The Morgan fingerprint density at radius 3 is 2.33 bits per heavy atom. The molecule has 5 rings (SSSR count). The molecule has 3 aromatic rings. The minimum Gasteiger partial charge on any atom is -0.477 e. The minimum atomic E-state index is -4.02. The van der Waals surface area contributed by atoms with E-state index >= 15 is 0 Å². The average molecular weight is 538 g/mol. The van der Waals surface area contributed by atoms with Gasteiger partial charge in [-0.2, -0.15) is 8.42 Å². The lowest BCUT2D eigenvalue weighted by Gasteiger charge is -2.23. The zero-order chi connectivity index (χ0) is 26.4. The lowest BCUT2D eigenvalue weighted by atomic mass is 10.1. The van der Waals surface area contributed by atoms with Crippen LogP contribution in [0.5, 0.6) is 0 Å². The molecule has 9 nitrogen and oxygen atoms in total. The van der Waals surface area contributed by atoms with Crippen LogP contribution in [0.2, 0.25) is 5.02 Å². The van der Waals surface area contributed by atoms with Crippen molar-refractivity contribution in [2.24, 2.45) is 5.73 Å². The number of hydrogen-bond donors (Lipinski definition) is 3. The largest absolute Gasteiger partial charge is 0.477 e. The zero-order valence-electron chi connectivity index (χ0n) is 19.3. The molecule has 2 fully saturated rings. The predicted octanol–water partition coefficient (Wildman–Crippen LogP) is 3.61. The number of nitrogens with zero attached hydrogens (tertiary/aromatic N) is 2. The number of anilines is 1. The van der Waals surface area contributed by atoms with Crippen molar-refractivity contribution in [1.82, 2.24) is 4.57 Å². The summed E-state index contributed by atoms with van der Waals surface area (Å²) >= 11 is 6.53. The van der Waals surface area contributed by atoms with Crippen molar-refractivity contribution in [2.75, 3.05) is 18.0 Å². The van der Waals surface area contributed by atoms with Gasteiger partial charge < -0.3 is 20.3 Å². The van der Waals surface area contributed by atoms with Gasteiger partial charge in [0.1, 0.15) is 11.4 Å². The van der Waals surface area contributed by atoms with Gasteiger partial charge in [0, 0.05) is 31.4 Å². The maximum absolute atomic E-state index is 14.8. The summed E-state index contributed by atoms with van der Waals surface area (Å²) in [5.74, 6) is -1.96. The second-order valence-electron chi connectivity index (χ2n) is 9.02. The van der Waals surface area contributed by atoms with Gasteiger partial charge >= 0.3 is 5.97 Å². The predicted molar refractivity (Wildman–Crippen MR) is 134 cm³/mol. The van der Waals surface area contributed by atoms with Gasteiger partial charge in [-0.15, -0.1) is 0 Å². The van der Waals surface area contributed by atoms with E-state index in [-0.39, 0.29) is 38.6 Å². The number of fused-ring (bicyclic) bond motifs is 1. The van der Waals surface area contributed by atoms with Crippen LogP contribution in [0.1, 0.15) is 41.2 Å². The molecule has 2 heterocycles. The summed E-state index contributed by atoms with van der Waals surface area (Å²) in [6.07, 6.45) is 3.80. The Morgan fingerprint density at radius 2 is 1.83 bits per heavy atom. The van der Waals surface area contributed by atoms with Crippen LogP contribution in [-0.4, -0.2) is 47.7 Å². The van der Waals surface area contributed by atoms with Gasteiger partial charge in [0.15, 0.2) is 0 Å². The third kappa shape index (κ3) is 5.24. The summed E-state index contributed by atoms with van der Waals surface area (Å²) in [7, 11) is -4.02. The summed E-state index contributed by atoms with van der Waals surface area (Å²) in [5.41, 5.74) is 6.42. The molecule has 1 saturated carbocycles. The number of halogens is 2.